The van der Waals surface area contributed by atoms with E-state index in [1.165, 1.54) is 7.11 Å². The second-order valence-corrected chi connectivity index (χ2v) is 8.46. The van der Waals surface area contributed by atoms with Gasteiger partial charge in [0, 0.05) is 17.5 Å². The predicted octanol–water partition coefficient (Wildman–Crippen LogP) is 2.18. The number of amides is 2. The van der Waals surface area contributed by atoms with Gasteiger partial charge in [0.1, 0.15) is 11.5 Å². The molecule has 0 fully saturated rings. The molecule has 31 heavy (non-hydrogen) atoms. The van der Waals surface area contributed by atoms with Gasteiger partial charge >= 0.3 is 5.91 Å². The van der Waals surface area contributed by atoms with E-state index in [0.717, 1.165) is 5.56 Å². The standard InChI is InChI=1S/C21H25N5O4S/c1-11-16-13(23-26-20(22)31)9-21(2,3)10-15(16)30-17(11)19(28)25-24-18(27)12-7-5-6-8-14(12)29-4/h5-8H,9-10H2,1-4H3,(H,24,27)(H,25,28)(H3,22,26,31)/b23-13-. The first-order valence-electron chi connectivity index (χ1n) is 9.61. The summed E-state index contributed by atoms with van der Waals surface area (Å²) in [5, 5.41) is 4.36. The van der Waals surface area contributed by atoms with Crippen LogP contribution in [0.4, 0.5) is 0 Å². The first-order chi connectivity index (χ1) is 14.6. The number of hydrogen-bond acceptors (Lipinski definition) is 6. The van der Waals surface area contributed by atoms with Crippen molar-refractivity contribution < 1.29 is 18.7 Å². The minimum Gasteiger partial charge on any atom is -0.496 e. The fourth-order valence-electron chi connectivity index (χ4n) is 3.62. The zero-order chi connectivity index (χ0) is 22.8. The lowest BCUT2D eigenvalue weighted by atomic mass is 9.75. The molecule has 1 heterocycles. The van der Waals surface area contributed by atoms with Crippen molar-refractivity contribution >= 4 is 34.9 Å². The monoisotopic (exact) mass is 443 g/mol. The van der Waals surface area contributed by atoms with Crippen LogP contribution in [-0.4, -0.2) is 29.7 Å². The van der Waals surface area contributed by atoms with E-state index < -0.39 is 11.8 Å². The van der Waals surface area contributed by atoms with Gasteiger partial charge in [0.15, 0.2) is 10.9 Å². The van der Waals surface area contributed by atoms with Gasteiger partial charge in [-0.2, -0.15) is 5.10 Å². The van der Waals surface area contributed by atoms with Crippen molar-refractivity contribution in [3.05, 3.63) is 52.5 Å². The van der Waals surface area contributed by atoms with Crippen LogP contribution in [0.2, 0.25) is 0 Å². The van der Waals surface area contributed by atoms with Crippen molar-refractivity contribution in [1.29, 1.82) is 0 Å². The Morgan fingerprint density at radius 3 is 2.55 bits per heavy atom. The molecule has 0 aliphatic heterocycles. The number of para-hydroxylation sites is 1. The number of hydrazone groups is 1. The summed E-state index contributed by atoms with van der Waals surface area (Å²) in [4.78, 5) is 25.2. The summed E-state index contributed by atoms with van der Waals surface area (Å²) in [6.07, 6.45) is 1.29. The summed E-state index contributed by atoms with van der Waals surface area (Å²) in [5.41, 5.74) is 15.2. The highest BCUT2D eigenvalue weighted by molar-refractivity contribution is 7.80. The van der Waals surface area contributed by atoms with Crippen LogP contribution in [0.1, 0.15) is 58.1 Å². The van der Waals surface area contributed by atoms with Crippen LogP contribution < -0.4 is 26.7 Å². The molecule has 1 aromatic carbocycles. The highest BCUT2D eigenvalue weighted by Gasteiger charge is 2.36. The number of nitrogens with two attached hydrogens (primary N) is 1. The second kappa shape index (κ2) is 8.76. The molecule has 0 radical (unpaired) electrons. The molecule has 1 aliphatic carbocycles. The maximum atomic E-state index is 12.8. The SMILES string of the molecule is COc1ccccc1C(=O)NNC(=O)c1oc2c(c1C)/C(=N\NC(N)=S)CC(C)(C)C2. The first-order valence-corrected chi connectivity index (χ1v) is 10.0. The number of carbonyl (C=O) groups excluding carboxylic acids is 2. The molecule has 3 rings (SSSR count). The van der Waals surface area contributed by atoms with E-state index in [4.69, 9.17) is 27.1 Å². The minimum absolute atomic E-state index is 0.0515. The van der Waals surface area contributed by atoms with Gasteiger partial charge in [0.25, 0.3) is 5.91 Å². The predicted molar refractivity (Wildman–Crippen MR) is 120 cm³/mol. The summed E-state index contributed by atoms with van der Waals surface area (Å²) in [6, 6.07) is 6.70. The Morgan fingerprint density at radius 2 is 1.87 bits per heavy atom. The lowest BCUT2D eigenvalue weighted by Gasteiger charge is -2.29. The maximum Gasteiger partial charge on any atom is 0.305 e. The first kappa shape index (κ1) is 22.3. The van der Waals surface area contributed by atoms with Crippen molar-refractivity contribution in [2.45, 2.75) is 33.6 Å². The largest absolute Gasteiger partial charge is 0.496 e. The van der Waals surface area contributed by atoms with Crippen LogP contribution in [0.25, 0.3) is 0 Å². The number of hydrogen-bond donors (Lipinski definition) is 4. The zero-order valence-corrected chi connectivity index (χ0v) is 18.6. The number of fused-ring (bicyclic) bond motifs is 1. The number of furan rings is 1. The number of benzene rings is 1. The van der Waals surface area contributed by atoms with Crippen LogP contribution >= 0.6 is 12.2 Å². The molecule has 0 saturated heterocycles. The van der Waals surface area contributed by atoms with E-state index >= 15 is 0 Å². The number of carbonyl (C=O) groups is 2. The zero-order valence-electron chi connectivity index (χ0n) is 17.8. The molecule has 5 N–H and O–H groups in total. The van der Waals surface area contributed by atoms with E-state index in [1.54, 1.807) is 31.2 Å². The molecule has 0 saturated carbocycles. The summed E-state index contributed by atoms with van der Waals surface area (Å²) < 4.78 is 11.1. The van der Waals surface area contributed by atoms with Gasteiger partial charge < -0.3 is 14.9 Å². The van der Waals surface area contributed by atoms with E-state index in [9.17, 15) is 9.59 Å². The van der Waals surface area contributed by atoms with Crippen LogP contribution in [-0.2, 0) is 6.42 Å². The topological polar surface area (TPSA) is 131 Å². The molecule has 0 atom stereocenters. The third-order valence-electron chi connectivity index (χ3n) is 4.94. The molecular weight excluding hydrogens is 418 g/mol. The lowest BCUT2D eigenvalue weighted by Crippen LogP contribution is -2.41. The third-order valence-corrected chi connectivity index (χ3v) is 5.03. The van der Waals surface area contributed by atoms with Crippen molar-refractivity contribution in [2.75, 3.05) is 7.11 Å². The Morgan fingerprint density at radius 1 is 1.19 bits per heavy atom. The summed E-state index contributed by atoms with van der Waals surface area (Å²) in [5.74, 6) is 0.0650. The Kier molecular flexibility index (Phi) is 6.30. The average Bonchev–Trinajstić information content (AvgIpc) is 3.04. The molecule has 0 unspecified atom stereocenters. The Bertz CT molecular complexity index is 1070. The van der Waals surface area contributed by atoms with Gasteiger partial charge in [-0.3, -0.25) is 25.9 Å². The molecule has 1 aliphatic rings. The van der Waals surface area contributed by atoms with Crippen LogP contribution in [0, 0.1) is 12.3 Å². The molecule has 1 aromatic heterocycles. The number of nitrogens with one attached hydrogen (secondary N) is 3. The highest BCUT2D eigenvalue weighted by Crippen LogP contribution is 2.38. The smallest absolute Gasteiger partial charge is 0.305 e. The number of thiocarbonyl (C=S) groups is 1. The number of rotatable bonds is 4. The normalized spacial score (nSPS) is 15.7. The van der Waals surface area contributed by atoms with Crippen LogP contribution in [0.15, 0.2) is 33.8 Å². The Labute approximate surface area is 185 Å². The maximum absolute atomic E-state index is 12.8. The molecule has 2 amide bonds. The van der Waals surface area contributed by atoms with Gasteiger partial charge in [-0.1, -0.05) is 26.0 Å². The molecule has 0 spiro atoms. The lowest BCUT2D eigenvalue weighted by molar-refractivity contribution is 0.0827. The summed E-state index contributed by atoms with van der Waals surface area (Å²) in [6.45, 7) is 5.93. The van der Waals surface area contributed by atoms with Gasteiger partial charge in [-0.15, -0.1) is 0 Å². The average molecular weight is 444 g/mol. The van der Waals surface area contributed by atoms with Crippen LogP contribution in [0.5, 0.6) is 5.75 Å². The second-order valence-electron chi connectivity index (χ2n) is 8.02. The van der Waals surface area contributed by atoms with Gasteiger partial charge in [-0.25, -0.2) is 0 Å². The molecule has 0 bridgehead atoms. The van der Waals surface area contributed by atoms with E-state index in [0.29, 0.717) is 41.2 Å². The van der Waals surface area contributed by atoms with Crippen molar-refractivity contribution in [3.63, 3.8) is 0 Å². The van der Waals surface area contributed by atoms with Gasteiger partial charge in [0.2, 0.25) is 0 Å². The minimum atomic E-state index is -0.574. The van der Waals surface area contributed by atoms with Crippen LogP contribution in [0.3, 0.4) is 0 Å². The van der Waals surface area contributed by atoms with E-state index in [1.807, 2.05) is 0 Å². The summed E-state index contributed by atoms with van der Waals surface area (Å²) in [7, 11) is 1.47. The van der Waals surface area contributed by atoms with Crippen molar-refractivity contribution in [1.82, 2.24) is 16.3 Å². The number of nitrogens with zero attached hydrogens (tertiary/aromatic N) is 1. The molecule has 2 aromatic rings. The fourth-order valence-corrected chi connectivity index (χ4v) is 3.66. The van der Waals surface area contributed by atoms with Gasteiger partial charge in [-0.05, 0) is 43.1 Å². The molecule has 164 valence electrons. The molecule has 9 nitrogen and oxygen atoms in total. The fraction of sp³-hybridized carbons (Fsp3) is 0.333. The summed E-state index contributed by atoms with van der Waals surface area (Å²) >= 11 is 4.84. The Balaban J connectivity index is 1.82. The molecular formula is C21H25N5O4S. The van der Waals surface area contributed by atoms with Gasteiger partial charge in [0.05, 0.1) is 18.4 Å². The molecule has 10 heteroatoms. The highest BCUT2D eigenvalue weighted by atomic mass is 32.1. The number of hydrazine groups is 1. The Hall–Kier alpha value is -3.40. The van der Waals surface area contributed by atoms with Crippen molar-refractivity contribution in [3.8, 4) is 5.75 Å². The number of ether oxygens (including phenoxy) is 1. The van der Waals surface area contributed by atoms with E-state index in [-0.39, 0.29) is 16.3 Å². The number of methoxy groups -OCH3 is 1. The quantitative estimate of drug-likeness (QED) is 0.421. The van der Waals surface area contributed by atoms with Crippen molar-refractivity contribution in [2.24, 2.45) is 16.3 Å². The van der Waals surface area contributed by atoms with E-state index in [2.05, 4.69) is 35.2 Å². The third kappa shape index (κ3) is 4.85.